The highest BCUT2D eigenvalue weighted by Crippen LogP contribution is 2.22. The van der Waals surface area contributed by atoms with E-state index in [0.29, 0.717) is 17.4 Å². The van der Waals surface area contributed by atoms with Crippen LogP contribution >= 0.6 is 0 Å². The fourth-order valence-corrected chi connectivity index (χ4v) is 2.80. The van der Waals surface area contributed by atoms with E-state index in [4.69, 9.17) is 10.00 Å². The lowest BCUT2D eigenvalue weighted by atomic mass is 9.94. The molecule has 1 fully saturated rings. The van der Waals surface area contributed by atoms with Crippen LogP contribution in [0.2, 0.25) is 0 Å². The van der Waals surface area contributed by atoms with E-state index in [9.17, 15) is 4.79 Å². The summed E-state index contributed by atoms with van der Waals surface area (Å²) in [6, 6.07) is 9.24. The van der Waals surface area contributed by atoms with Crippen molar-refractivity contribution in [1.29, 1.82) is 5.26 Å². The van der Waals surface area contributed by atoms with Crippen molar-refractivity contribution in [3.63, 3.8) is 0 Å². The molecule has 0 heterocycles. The van der Waals surface area contributed by atoms with Crippen LogP contribution in [0.25, 0.3) is 0 Å². The lowest BCUT2D eigenvalue weighted by molar-refractivity contribution is -0.139. The zero-order valence-electron chi connectivity index (χ0n) is 12.7. The molecule has 4 nitrogen and oxygen atoms in total. The van der Waals surface area contributed by atoms with Crippen LogP contribution in [0.4, 0.5) is 0 Å². The van der Waals surface area contributed by atoms with Gasteiger partial charge in [-0.15, -0.1) is 0 Å². The first-order valence-corrected chi connectivity index (χ1v) is 7.55. The molecule has 1 aliphatic rings. The van der Waals surface area contributed by atoms with Gasteiger partial charge in [0.25, 0.3) is 5.91 Å². The molecule has 1 saturated carbocycles. The third-order valence-corrected chi connectivity index (χ3v) is 4.11. The van der Waals surface area contributed by atoms with Gasteiger partial charge in [-0.1, -0.05) is 19.3 Å². The SMILES string of the molecule is CC(Oc1ccc(C#N)cc1)C(=O)N(C)C1CCCCC1. The van der Waals surface area contributed by atoms with Gasteiger partial charge in [0.1, 0.15) is 5.75 Å². The maximum Gasteiger partial charge on any atom is 0.263 e. The van der Waals surface area contributed by atoms with E-state index in [0.717, 1.165) is 12.8 Å². The summed E-state index contributed by atoms with van der Waals surface area (Å²) in [6.45, 7) is 1.78. The summed E-state index contributed by atoms with van der Waals surface area (Å²) in [5.41, 5.74) is 0.584. The average Bonchev–Trinajstić information content (AvgIpc) is 2.55. The summed E-state index contributed by atoms with van der Waals surface area (Å²) < 4.78 is 5.69. The first kappa shape index (κ1) is 15.4. The lowest BCUT2D eigenvalue weighted by Crippen LogP contribution is -2.44. The van der Waals surface area contributed by atoms with Crippen molar-refractivity contribution in [3.05, 3.63) is 29.8 Å². The number of hydrogen-bond acceptors (Lipinski definition) is 3. The zero-order valence-corrected chi connectivity index (χ0v) is 12.7. The second-order valence-electron chi connectivity index (χ2n) is 5.64. The van der Waals surface area contributed by atoms with Crippen LogP contribution in [0.1, 0.15) is 44.6 Å². The lowest BCUT2D eigenvalue weighted by Gasteiger charge is -2.32. The van der Waals surface area contributed by atoms with Crippen molar-refractivity contribution in [3.8, 4) is 11.8 Å². The number of likely N-dealkylation sites (N-methyl/N-ethyl adjacent to an activating group) is 1. The zero-order chi connectivity index (χ0) is 15.2. The van der Waals surface area contributed by atoms with E-state index in [-0.39, 0.29) is 5.91 Å². The van der Waals surface area contributed by atoms with Crippen molar-refractivity contribution in [2.24, 2.45) is 0 Å². The minimum absolute atomic E-state index is 0.0197. The topological polar surface area (TPSA) is 53.3 Å². The van der Waals surface area contributed by atoms with Crippen LogP contribution in [0.15, 0.2) is 24.3 Å². The van der Waals surface area contributed by atoms with E-state index in [1.54, 1.807) is 31.2 Å². The molecule has 1 aromatic rings. The number of amides is 1. The molecule has 0 saturated heterocycles. The first-order valence-electron chi connectivity index (χ1n) is 7.55. The third kappa shape index (κ3) is 3.98. The summed E-state index contributed by atoms with van der Waals surface area (Å²) >= 11 is 0. The molecule has 112 valence electrons. The first-order chi connectivity index (χ1) is 10.1. The Morgan fingerprint density at radius 3 is 2.48 bits per heavy atom. The molecular formula is C17H22N2O2. The molecule has 0 radical (unpaired) electrons. The molecule has 0 aromatic heterocycles. The quantitative estimate of drug-likeness (QED) is 0.854. The Labute approximate surface area is 126 Å². The molecule has 1 aromatic carbocycles. The average molecular weight is 286 g/mol. The van der Waals surface area contributed by atoms with Gasteiger partial charge in [-0.3, -0.25) is 4.79 Å². The highest BCUT2D eigenvalue weighted by Gasteiger charge is 2.26. The molecule has 21 heavy (non-hydrogen) atoms. The molecule has 0 N–H and O–H groups in total. The normalized spacial score (nSPS) is 16.8. The smallest absolute Gasteiger partial charge is 0.263 e. The molecule has 1 atom stereocenters. The van der Waals surface area contributed by atoms with Crippen LogP contribution < -0.4 is 4.74 Å². The van der Waals surface area contributed by atoms with Crippen LogP contribution in [0, 0.1) is 11.3 Å². The van der Waals surface area contributed by atoms with Crippen LogP contribution in [-0.4, -0.2) is 30.0 Å². The highest BCUT2D eigenvalue weighted by molar-refractivity contribution is 5.81. The van der Waals surface area contributed by atoms with Crippen LogP contribution in [0.3, 0.4) is 0 Å². The van der Waals surface area contributed by atoms with Crippen molar-refractivity contribution in [1.82, 2.24) is 4.90 Å². The van der Waals surface area contributed by atoms with Gasteiger partial charge in [-0.05, 0) is 44.0 Å². The Bertz CT molecular complexity index is 513. The molecule has 4 heteroatoms. The molecule has 1 unspecified atom stereocenters. The summed E-state index contributed by atoms with van der Waals surface area (Å²) in [6.07, 6.45) is 5.35. The molecular weight excluding hydrogens is 264 g/mol. The largest absolute Gasteiger partial charge is 0.481 e. The van der Waals surface area contributed by atoms with Gasteiger partial charge in [0.15, 0.2) is 6.10 Å². The number of ether oxygens (including phenoxy) is 1. The van der Waals surface area contributed by atoms with E-state index in [1.165, 1.54) is 19.3 Å². The standard InChI is InChI=1S/C17H22N2O2/c1-13(21-16-10-8-14(12-18)9-11-16)17(20)19(2)15-6-4-3-5-7-15/h8-11,13,15H,3-7H2,1-2H3. The summed E-state index contributed by atoms with van der Waals surface area (Å²) in [7, 11) is 1.87. The maximum absolute atomic E-state index is 12.4. The van der Waals surface area contributed by atoms with Gasteiger partial charge >= 0.3 is 0 Å². The van der Waals surface area contributed by atoms with E-state index in [1.807, 2.05) is 11.9 Å². The Hall–Kier alpha value is -2.02. The second-order valence-corrected chi connectivity index (χ2v) is 5.64. The van der Waals surface area contributed by atoms with E-state index < -0.39 is 6.10 Å². The molecule has 0 bridgehead atoms. The predicted molar refractivity (Wildman–Crippen MR) is 80.9 cm³/mol. The number of carbonyl (C=O) groups excluding carboxylic acids is 1. The van der Waals surface area contributed by atoms with Crippen molar-refractivity contribution >= 4 is 5.91 Å². The van der Waals surface area contributed by atoms with Gasteiger partial charge in [0, 0.05) is 13.1 Å². The Morgan fingerprint density at radius 2 is 1.90 bits per heavy atom. The minimum atomic E-state index is -0.509. The Balaban J connectivity index is 1.93. The van der Waals surface area contributed by atoms with Gasteiger partial charge in [0.2, 0.25) is 0 Å². The Kier molecular flexibility index (Phi) is 5.21. The number of rotatable bonds is 4. The molecule has 1 aliphatic carbocycles. The van der Waals surface area contributed by atoms with Gasteiger partial charge in [-0.2, -0.15) is 5.26 Å². The maximum atomic E-state index is 12.4. The molecule has 2 rings (SSSR count). The highest BCUT2D eigenvalue weighted by atomic mass is 16.5. The summed E-state index contributed by atoms with van der Waals surface area (Å²) in [5, 5.41) is 8.76. The van der Waals surface area contributed by atoms with Crippen LogP contribution in [0.5, 0.6) is 5.75 Å². The minimum Gasteiger partial charge on any atom is -0.481 e. The van der Waals surface area contributed by atoms with Gasteiger partial charge in [0.05, 0.1) is 11.6 Å². The summed E-state index contributed by atoms with van der Waals surface area (Å²) in [5.74, 6) is 0.637. The third-order valence-electron chi connectivity index (χ3n) is 4.11. The van der Waals surface area contributed by atoms with Gasteiger partial charge < -0.3 is 9.64 Å². The van der Waals surface area contributed by atoms with E-state index in [2.05, 4.69) is 6.07 Å². The molecule has 0 spiro atoms. The van der Waals surface area contributed by atoms with Crippen molar-refractivity contribution < 1.29 is 9.53 Å². The van der Waals surface area contributed by atoms with Crippen molar-refractivity contribution in [2.45, 2.75) is 51.2 Å². The fourth-order valence-electron chi connectivity index (χ4n) is 2.80. The fraction of sp³-hybridized carbons (Fsp3) is 0.529. The second kappa shape index (κ2) is 7.12. The predicted octanol–water partition coefficient (Wildman–Crippen LogP) is 3.12. The summed E-state index contributed by atoms with van der Waals surface area (Å²) in [4.78, 5) is 14.3. The van der Waals surface area contributed by atoms with Crippen molar-refractivity contribution in [2.75, 3.05) is 7.05 Å². The molecule has 1 amide bonds. The number of carbonyl (C=O) groups is 1. The molecule has 0 aliphatic heterocycles. The van der Waals surface area contributed by atoms with Crippen LogP contribution in [-0.2, 0) is 4.79 Å². The number of nitrogens with zero attached hydrogens (tertiary/aromatic N) is 2. The monoisotopic (exact) mass is 286 g/mol. The number of hydrogen-bond donors (Lipinski definition) is 0. The number of benzene rings is 1. The van der Waals surface area contributed by atoms with Gasteiger partial charge in [-0.25, -0.2) is 0 Å². The number of nitriles is 1. The Morgan fingerprint density at radius 1 is 1.29 bits per heavy atom. The van der Waals surface area contributed by atoms with E-state index >= 15 is 0 Å².